The molecule has 90 valence electrons. The molecule has 1 aromatic heterocycles. The van der Waals surface area contributed by atoms with E-state index in [4.69, 9.17) is 5.41 Å². The van der Waals surface area contributed by atoms with Crippen LogP contribution in [0.25, 0.3) is 0 Å². The molecule has 0 saturated carbocycles. The summed E-state index contributed by atoms with van der Waals surface area (Å²) in [6.45, 7) is 10.2. The Morgan fingerprint density at radius 2 is 2.06 bits per heavy atom. The second-order valence-electron chi connectivity index (χ2n) is 4.49. The second-order valence-corrected chi connectivity index (χ2v) is 5.01. The average molecular weight is 262 g/mol. The van der Waals surface area contributed by atoms with Crippen LogP contribution < -0.4 is 4.50 Å². The van der Waals surface area contributed by atoms with E-state index < -0.39 is 0 Å². The number of rotatable bonds is 5. The van der Waals surface area contributed by atoms with Crippen molar-refractivity contribution in [1.82, 2.24) is 4.98 Å². The number of H-pyrrole nitrogens is 1. The van der Waals surface area contributed by atoms with Gasteiger partial charge in [0.05, 0.1) is 0 Å². The van der Waals surface area contributed by atoms with E-state index in [1.165, 1.54) is 6.21 Å². The molecular formula is C13H19CoN2. The van der Waals surface area contributed by atoms with Gasteiger partial charge in [0.15, 0.2) is 0 Å². The van der Waals surface area contributed by atoms with Gasteiger partial charge in [-0.1, -0.05) is 0 Å². The van der Waals surface area contributed by atoms with Crippen molar-refractivity contribution in [2.75, 3.05) is 0 Å². The molecule has 0 aliphatic carbocycles. The van der Waals surface area contributed by atoms with E-state index in [0.29, 0.717) is 5.92 Å². The van der Waals surface area contributed by atoms with Gasteiger partial charge in [0.1, 0.15) is 0 Å². The van der Waals surface area contributed by atoms with Crippen LogP contribution in [0.4, 0.5) is 0 Å². The zero-order valence-corrected chi connectivity index (χ0v) is 11.1. The summed E-state index contributed by atoms with van der Waals surface area (Å²) in [5.74, 6) is 0.802. The van der Waals surface area contributed by atoms with E-state index in [0.717, 1.165) is 27.9 Å². The summed E-state index contributed by atoms with van der Waals surface area (Å²) in [5, 5.41) is 7.46. The first-order valence-corrected chi connectivity index (χ1v) is 6.04. The molecule has 0 aliphatic heterocycles. The quantitative estimate of drug-likeness (QED) is 0.605. The van der Waals surface area contributed by atoms with Crippen molar-refractivity contribution in [1.29, 1.82) is 5.41 Å². The van der Waals surface area contributed by atoms with Gasteiger partial charge in [-0.2, -0.15) is 0 Å². The van der Waals surface area contributed by atoms with Crippen LogP contribution in [0.3, 0.4) is 0 Å². The van der Waals surface area contributed by atoms with E-state index >= 15 is 0 Å². The first-order valence-electron chi connectivity index (χ1n) is 5.52. The molecule has 1 rings (SSSR count). The predicted octanol–water partition coefficient (Wildman–Crippen LogP) is 2.67. The molecule has 2 N–H and O–H groups in total. The first kappa shape index (κ1) is 13.3. The monoisotopic (exact) mass is 262 g/mol. The summed E-state index contributed by atoms with van der Waals surface area (Å²) in [6.07, 6.45) is 4.21. The Morgan fingerprint density at radius 1 is 1.44 bits per heavy atom. The van der Waals surface area contributed by atoms with E-state index in [-0.39, 0.29) is 5.92 Å². The van der Waals surface area contributed by atoms with Gasteiger partial charge in [-0.05, 0) is 0 Å². The van der Waals surface area contributed by atoms with E-state index in [9.17, 15) is 0 Å². The molecule has 0 aromatic carbocycles. The molecule has 3 heteroatoms. The number of aromatic amines is 1. The maximum absolute atomic E-state index is 7.46. The van der Waals surface area contributed by atoms with Gasteiger partial charge in [0.25, 0.3) is 0 Å². The van der Waals surface area contributed by atoms with Crippen molar-refractivity contribution < 1.29 is 15.7 Å². The normalized spacial score (nSPS) is 12.9. The number of allylic oxidation sites excluding steroid dienone is 1. The van der Waals surface area contributed by atoms with Crippen LogP contribution in [0.2, 0.25) is 0 Å². The van der Waals surface area contributed by atoms with Gasteiger partial charge in [0, 0.05) is 0 Å². The van der Waals surface area contributed by atoms with Gasteiger partial charge in [0.2, 0.25) is 0 Å². The van der Waals surface area contributed by atoms with E-state index in [1.807, 2.05) is 6.08 Å². The predicted molar refractivity (Wildman–Crippen MR) is 65.5 cm³/mol. The van der Waals surface area contributed by atoms with E-state index in [1.54, 1.807) is 0 Å². The van der Waals surface area contributed by atoms with Crippen molar-refractivity contribution in [2.24, 2.45) is 5.92 Å². The summed E-state index contributed by atoms with van der Waals surface area (Å²) in [5.41, 5.74) is 3.06. The Hall–Kier alpha value is -0.804. The molecular weight excluding hydrogens is 243 g/mol. The fraction of sp³-hybridized carbons (Fsp3) is 0.462. The molecule has 0 amide bonds. The molecule has 0 fully saturated rings. The van der Waals surface area contributed by atoms with E-state index in [2.05, 4.69) is 48.1 Å². The van der Waals surface area contributed by atoms with Crippen LogP contribution in [0.1, 0.15) is 43.6 Å². The average Bonchev–Trinajstić information content (AvgIpc) is 2.54. The molecule has 16 heavy (non-hydrogen) atoms. The van der Waals surface area contributed by atoms with Crippen molar-refractivity contribution >= 4 is 10.7 Å². The molecule has 0 radical (unpaired) electrons. The fourth-order valence-electron chi connectivity index (χ4n) is 1.72. The summed E-state index contributed by atoms with van der Waals surface area (Å²) in [7, 11) is 0. The molecule has 0 spiro atoms. The number of nitrogens with one attached hydrogen (secondary N) is 2. The first-order chi connectivity index (χ1) is 7.51. The Balaban J connectivity index is 3.19. The number of hydrogen-bond acceptors (Lipinski definition) is 1. The van der Waals surface area contributed by atoms with Crippen LogP contribution in [-0.2, 0) is 22.2 Å². The molecule has 1 unspecified atom stereocenters. The topological polar surface area (TPSA) is 39.6 Å². The second kappa shape index (κ2) is 5.50. The van der Waals surface area contributed by atoms with Crippen LogP contribution in [0.5, 0.6) is 0 Å². The maximum atomic E-state index is 7.46. The molecule has 1 heterocycles. The van der Waals surface area contributed by atoms with Crippen molar-refractivity contribution in [3.05, 3.63) is 29.6 Å². The molecule has 2 nitrogen and oxygen atoms in total. The van der Waals surface area contributed by atoms with Gasteiger partial charge in [-0.25, -0.2) is 0 Å². The molecule has 0 bridgehead atoms. The van der Waals surface area contributed by atoms with Gasteiger partial charge < -0.3 is 0 Å². The Morgan fingerprint density at radius 3 is 2.50 bits per heavy atom. The van der Waals surface area contributed by atoms with Crippen LogP contribution in [-0.4, -0.2) is 11.2 Å². The third kappa shape index (κ3) is 2.65. The molecule has 1 atom stereocenters. The third-order valence-electron chi connectivity index (χ3n) is 2.62. The number of aromatic nitrogens is 1. The molecule has 0 saturated heterocycles. The molecule has 0 aliphatic rings. The zero-order chi connectivity index (χ0) is 12.3. The van der Waals surface area contributed by atoms with Crippen molar-refractivity contribution in [3.63, 3.8) is 0 Å². The fourth-order valence-corrected chi connectivity index (χ4v) is 2.10. The standard InChI is InChI=1S/C13H19N2.Co/c1-5-10(4)13-11(8-14)7-12(15-13)6-9(2)3;/h5,8-10,14-15H,1,6H2,2-4H3;. The van der Waals surface area contributed by atoms with Gasteiger partial charge in [-0.15, -0.1) is 0 Å². The Bertz CT molecular complexity index is 391. The van der Waals surface area contributed by atoms with Crippen LogP contribution in [0, 0.1) is 11.3 Å². The van der Waals surface area contributed by atoms with Crippen molar-refractivity contribution in [2.45, 2.75) is 33.1 Å². The Labute approximate surface area is 106 Å². The minimum absolute atomic E-state index is 0.224. The summed E-state index contributed by atoms with van der Waals surface area (Å²) in [4.78, 5) is 3.38. The SMILES string of the molecule is C=CC(C)c1[nH]c(CC(C)C)[c]([Co])c1C=N. The van der Waals surface area contributed by atoms with Crippen LogP contribution in [0.15, 0.2) is 12.7 Å². The zero-order valence-electron chi connectivity index (χ0n) is 10.1. The van der Waals surface area contributed by atoms with Crippen LogP contribution >= 0.6 is 0 Å². The van der Waals surface area contributed by atoms with Crippen molar-refractivity contribution in [3.8, 4) is 0 Å². The summed E-state index contributed by atoms with van der Waals surface area (Å²) < 4.78 is 0.903. The van der Waals surface area contributed by atoms with Gasteiger partial charge >= 0.3 is 105 Å². The molecule has 1 aromatic rings. The van der Waals surface area contributed by atoms with Gasteiger partial charge in [-0.3, -0.25) is 0 Å². The third-order valence-corrected chi connectivity index (χ3v) is 3.21. The number of hydrogen-bond donors (Lipinski definition) is 2. The summed E-state index contributed by atoms with van der Waals surface area (Å²) in [6, 6.07) is 0. The Kier molecular flexibility index (Phi) is 4.56. The minimum atomic E-state index is 0.224. The summed E-state index contributed by atoms with van der Waals surface area (Å²) >= 11 is 4.56.